The Morgan fingerprint density at radius 1 is 0.800 bits per heavy atom. The number of amides is 3. The molecule has 0 aromatic heterocycles. The van der Waals surface area contributed by atoms with E-state index < -0.39 is 30.0 Å². The topological polar surface area (TPSA) is 165 Å². The predicted molar refractivity (Wildman–Crippen MR) is 197 cm³/mol. The molecule has 1 aliphatic heterocycles. The molecule has 0 unspecified atom stereocenters. The molecule has 6 N–H and O–H groups in total. The van der Waals surface area contributed by atoms with E-state index in [2.05, 4.69) is 10.6 Å². The zero-order valence-corrected chi connectivity index (χ0v) is 30.3. The van der Waals surface area contributed by atoms with E-state index in [4.69, 9.17) is 11.5 Å². The SMILES string of the molecule is CCC(=O)N1CCC(CC(=O)[C@@H](CCCCN)NC(=O)[C@H](CC(=O)[C@@H](Cc2ccccc2)NC(=O)[C@H](N)Cc2ccccc2)CC(C)C)CC1. The van der Waals surface area contributed by atoms with Crippen LogP contribution in [-0.4, -0.2) is 71.9 Å². The third-order valence-electron chi connectivity index (χ3n) is 9.61. The maximum Gasteiger partial charge on any atom is 0.237 e. The van der Waals surface area contributed by atoms with E-state index in [1.54, 1.807) is 0 Å². The first-order valence-electron chi connectivity index (χ1n) is 18.5. The van der Waals surface area contributed by atoms with Crippen molar-refractivity contribution in [1.82, 2.24) is 15.5 Å². The molecule has 10 heteroatoms. The third kappa shape index (κ3) is 13.8. The average molecular weight is 690 g/mol. The van der Waals surface area contributed by atoms with Crippen LogP contribution in [0.2, 0.25) is 0 Å². The minimum Gasteiger partial charge on any atom is -0.346 e. The number of hydrogen-bond acceptors (Lipinski definition) is 7. The van der Waals surface area contributed by atoms with Crippen LogP contribution in [0.1, 0.15) is 89.7 Å². The van der Waals surface area contributed by atoms with E-state index in [-0.39, 0.29) is 48.1 Å². The average Bonchev–Trinajstić information content (AvgIpc) is 3.11. The van der Waals surface area contributed by atoms with Crippen LogP contribution in [0.15, 0.2) is 60.7 Å². The Morgan fingerprint density at radius 3 is 1.94 bits per heavy atom. The highest BCUT2D eigenvalue weighted by atomic mass is 16.2. The van der Waals surface area contributed by atoms with Crippen LogP contribution < -0.4 is 22.1 Å². The Labute approximate surface area is 298 Å². The van der Waals surface area contributed by atoms with E-state index in [0.717, 1.165) is 30.4 Å². The molecule has 10 nitrogen and oxygen atoms in total. The second-order valence-electron chi connectivity index (χ2n) is 14.2. The van der Waals surface area contributed by atoms with Gasteiger partial charge in [-0.2, -0.15) is 0 Å². The van der Waals surface area contributed by atoms with Gasteiger partial charge in [0.1, 0.15) is 0 Å². The van der Waals surface area contributed by atoms with Gasteiger partial charge < -0.3 is 27.0 Å². The lowest BCUT2D eigenvalue weighted by Crippen LogP contribution is -2.51. The summed E-state index contributed by atoms with van der Waals surface area (Å²) >= 11 is 0. The first-order chi connectivity index (χ1) is 24.0. The summed E-state index contributed by atoms with van der Waals surface area (Å²) in [6.45, 7) is 7.63. The van der Waals surface area contributed by atoms with Gasteiger partial charge in [0, 0.05) is 38.3 Å². The number of unbranched alkanes of at least 4 members (excludes halogenated alkanes) is 1. The Kier molecular flexibility index (Phi) is 17.3. The summed E-state index contributed by atoms with van der Waals surface area (Å²) in [4.78, 5) is 68.9. The lowest BCUT2D eigenvalue weighted by atomic mass is 9.86. The fraction of sp³-hybridized carbons (Fsp3) is 0.575. The van der Waals surface area contributed by atoms with Crippen LogP contribution in [0.5, 0.6) is 0 Å². The Bertz CT molecular complexity index is 1360. The highest BCUT2D eigenvalue weighted by Crippen LogP contribution is 2.24. The van der Waals surface area contributed by atoms with Crippen LogP contribution in [0, 0.1) is 17.8 Å². The summed E-state index contributed by atoms with van der Waals surface area (Å²) in [6, 6.07) is 16.5. The highest BCUT2D eigenvalue weighted by molar-refractivity contribution is 5.95. The second-order valence-corrected chi connectivity index (χ2v) is 14.2. The molecule has 50 heavy (non-hydrogen) atoms. The molecule has 2 aromatic rings. The molecule has 4 atom stereocenters. The van der Waals surface area contributed by atoms with Gasteiger partial charge in [-0.1, -0.05) is 81.4 Å². The Balaban J connectivity index is 1.72. The van der Waals surface area contributed by atoms with E-state index in [0.29, 0.717) is 58.2 Å². The number of likely N-dealkylation sites (tertiary alicyclic amines) is 1. The van der Waals surface area contributed by atoms with Crippen LogP contribution in [0.3, 0.4) is 0 Å². The number of Topliss-reactive ketones (excluding diaryl/α,β-unsaturated/α-hetero) is 2. The number of carbonyl (C=O) groups excluding carboxylic acids is 5. The maximum absolute atomic E-state index is 14.0. The van der Waals surface area contributed by atoms with Crippen molar-refractivity contribution in [3.63, 3.8) is 0 Å². The molecule has 3 amide bonds. The zero-order chi connectivity index (χ0) is 36.5. The number of benzene rings is 2. The summed E-state index contributed by atoms with van der Waals surface area (Å²) in [5, 5.41) is 5.93. The fourth-order valence-electron chi connectivity index (χ4n) is 6.70. The zero-order valence-electron chi connectivity index (χ0n) is 30.3. The highest BCUT2D eigenvalue weighted by Gasteiger charge is 2.33. The molecular weight excluding hydrogens is 630 g/mol. The number of ketones is 2. The summed E-state index contributed by atoms with van der Waals surface area (Å²) < 4.78 is 0. The van der Waals surface area contributed by atoms with Crippen LogP contribution >= 0.6 is 0 Å². The van der Waals surface area contributed by atoms with E-state index in [9.17, 15) is 24.0 Å². The van der Waals surface area contributed by atoms with Crippen LogP contribution in [0.4, 0.5) is 0 Å². The third-order valence-corrected chi connectivity index (χ3v) is 9.61. The minimum absolute atomic E-state index is 0.0214. The van der Waals surface area contributed by atoms with Crippen molar-refractivity contribution >= 4 is 29.3 Å². The molecule has 2 aromatic carbocycles. The normalized spacial score (nSPS) is 15.9. The molecule has 0 saturated carbocycles. The number of nitrogens with one attached hydrogen (secondary N) is 2. The smallest absolute Gasteiger partial charge is 0.237 e. The van der Waals surface area contributed by atoms with Gasteiger partial charge in [0.05, 0.1) is 18.1 Å². The van der Waals surface area contributed by atoms with Crippen molar-refractivity contribution in [2.75, 3.05) is 19.6 Å². The molecule has 1 heterocycles. The maximum atomic E-state index is 14.0. The minimum atomic E-state index is -0.873. The Hall–Kier alpha value is -3.89. The molecule has 274 valence electrons. The number of nitrogens with zero attached hydrogens (tertiary/aromatic N) is 1. The molecule has 1 saturated heterocycles. The van der Waals surface area contributed by atoms with Gasteiger partial charge in [-0.3, -0.25) is 24.0 Å². The summed E-state index contributed by atoms with van der Waals surface area (Å²) in [5.41, 5.74) is 13.8. The monoisotopic (exact) mass is 689 g/mol. The van der Waals surface area contributed by atoms with Crippen LogP contribution in [0.25, 0.3) is 0 Å². The van der Waals surface area contributed by atoms with Crippen molar-refractivity contribution in [2.45, 2.75) is 110 Å². The quantitative estimate of drug-likeness (QED) is 0.143. The van der Waals surface area contributed by atoms with Gasteiger partial charge in [0.25, 0.3) is 0 Å². The first-order valence-corrected chi connectivity index (χ1v) is 18.5. The lowest BCUT2D eigenvalue weighted by molar-refractivity contribution is -0.135. The number of nitrogens with two attached hydrogens (primary N) is 2. The van der Waals surface area contributed by atoms with E-state index >= 15 is 0 Å². The lowest BCUT2D eigenvalue weighted by Gasteiger charge is -2.32. The first kappa shape index (κ1) is 40.5. The van der Waals surface area contributed by atoms with Crippen molar-refractivity contribution in [2.24, 2.45) is 29.2 Å². The number of piperidine rings is 1. The van der Waals surface area contributed by atoms with Crippen molar-refractivity contribution in [1.29, 1.82) is 0 Å². The van der Waals surface area contributed by atoms with Gasteiger partial charge in [-0.25, -0.2) is 0 Å². The standard InChI is InChI=1S/C40H59N5O5/c1-4-38(48)45-21-18-31(19-22-45)26-36(46)34(17-11-12-20-41)43-39(49)32(23-28(2)3)27-37(47)35(25-30-15-9-6-10-16-30)44-40(50)33(42)24-29-13-7-5-8-14-29/h5-10,13-16,28,31-35H,4,11-12,17-27,41-42H2,1-3H3,(H,43,49)(H,44,50)/t32-,33+,34+,35+/m0/s1. The predicted octanol–water partition coefficient (Wildman–Crippen LogP) is 4.13. The Morgan fingerprint density at radius 2 is 1.38 bits per heavy atom. The molecule has 0 bridgehead atoms. The van der Waals surface area contributed by atoms with Crippen molar-refractivity contribution < 1.29 is 24.0 Å². The van der Waals surface area contributed by atoms with Gasteiger partial charge >= 0.3 is 0 Å². The van der Waals surface area contributed by atoms with Gasteiger partial charge in [0.15, 0.2) is 11.6 Å². The summed E-state index contributed by atoms with van der Waals surface area (Å²) in [7, 11) is 0. The van der Waals surface area contributed by atoms with Gasteiger partial charge in [0.2, 0.25) is 17.7 Å². The molecule has 3 rings (SSSR count). The fourth-order valence-corrected chi connectivity index (χ4v) is 6.70. The largest absolute Gasteiger partial charge is 0.346 e. The van der Waals surface area contributed by atoms with E-state index in [1.165, 1.54) is 0 Å². The van der Waals surface area contributed by atoms with Gasteiger partial charge in [-0.05, 0) is 80.9 Å². The number of carbonyl (C=O) groups is 5. The van der Waals surface area contributed by atoms with Crippen LogP contribution in [-0.2, 0) is 36.8 Å². The molecule has 0 spiro atoms. The molecule has 1 fully saturated rings. The van der Waals surface area contributed by atoms with Crippen molar-refractivity contribution in [3.8, 4) is 0 Å². The number of hydrogen-bond donors (Lipinski definition) is 4. The van der Waals surface area contributed by atoms with Crippen molar-refractivity contribution in [3.05, 3.63) is 71.8 Å². The van der Waals surface area contributed by atoms with Gasteiger partial charge in [-0.15, -0.1) is 0 Å². The molecule has 1 aliphatic rings. The van der Waals surface area contributed by atoms with E-state index in [1.807, 2.05) is 86.3 Å². The molecule has 0 radical (unpaired) electrons. The summed E-state index contributed by atoms with van der Waals surface area (Å²) in [5.74, 6) is -1.31. The molecule has 0 aliphatic carbocycles. The summed E-state index contributed by atoms with van der Waals surface area (Å²) in [6.07, 6.45) is 5.19. The number of rotatable bonds is 21. The molecular formula is C40H59N5O5. The second kappa shape index (κ2) is 21.4.